The number of carbonyl (C=O) groups is 1. The van der Waals surface area contributed by atoms with E-state index >= 15 is 0 Å². The van der Waals surface area contributed by atoms with Crippen molar-refractivity contribution >= 4 is 51.0 Å². The van der Waals surface area contributed by atoms with Crippen LogP contribution in [-0.4, -0.2) is 12.9 Å². The van der Waals surface area contributed by atoms with Crippen LogP contribution in [0.25, 0.3) is 6.08 Å². The Labute approximate surface area is 188 Å². The zero-order chi connectivity index (χ0) is 20.8. The summed E-state index contributed by atoms with van der Waals surface area (Å²) in [4.78, 5) is 12.4. The largest absolute Gasteiger partial charge is 0.496 e. The molecule has 0 atom stereocenters. The molecule has 0 aromatic heterocycles. The summed E-state index contributed by atoms with van der Waals surface area (Å²) in [5, 5.41) is 0.794. The van der Waals surface area contributed by atoms with E-state index in [1.807, 2.05) is 30.3 Å². The number of hydrogen-bond acceptors (Lipinski definition) is 3. The standard InChI is InChI=1S/C23H17BrCl2O3/c1-28-21-11-9-15(8-10-20(27)16-4-2-5-18(24)13-16)12-17(21)14-29-22-7-3-6-19(25)23(22)26/h2-13H,14H2,1H3/b10-8+. The summed E-state index contributed by atoms with van der Waals surface area (Å²) in [5.41, 5.74) is 2.29. The molecule has 6 heteroatoms. The molecular weight excluding hydrogens is 475 g/mol. The molecule has 0 spiro atoms. The van der Waals surface area contributed by atoms with E-state index in [1.54, 1.807) is 49.6 Å². The first-order valence-electron chi connectivity index (χ1n) is 8.69. The summed E-state index contributed by atoms with van der Waals surface area (Å²) in [5.74, 6) is 1.09. The van der Waals surface area contributed by atoms with Crippen molar-refractivity contribution in [2.45, 2.75) is 6.61 Å². The van der Waals surface area contributed by atoms with Gasteiger partial charge in [-0.15, -0.1) is 0 Å². The van der Waals surface area contributed by atoms with Crippen LogP contribution < -0.4 is 9.47 Å². The van der Waals surface area contributed by atoms with Crippen LogP contribution in [0.4, 0.5) is 0 Å². The first-order valence-corrected chi connectivity index (χ1v) is 10.2. The molecule has 0 saturated heterocycles. The van der Waals surface area contributed by atoms with Gasteiger partial charge in [0.1, 0.15) is 23.1 Å². The van der Waals surface area contributed by atoms with E-state index in [4.69, 9.17) is 32.7 Å². The third-order valence-electron chi connectivity index (χ3n) is 4.14. The summed E-state index contributed by atoms with van der Waals surface area (Å²) >= 11 is 15.6. The van der Waals surface area contributed by atoms with Gasteiger partial charge in [-0.25, -0.2) is 0 Å². The fourth-order valence-corrected chi connectivity index (χ4v) is 3.42. The van der Waals surface area contributed by atoms with E-state index < -0.39 is 0 Å². The zero-order valence-electron chi connectivity index (χ0n) is 15.5. The Hall–Kier alpha value is -2.27. The summed E-state index contributed by atoms with van der Waals surface area (Å²) in [6.07, 6.45) is 3.31. The molecule has 0 unspecified atom stereocenters. The maximum atomic E-state index is 12.4. The number of benzene rings is 3. The first-order chi connectivity index (χ1) is 14.0. The van der Waals surface area contributed by atoms with Crippen LogP contribution in [0.2, 0.25) is 10.0 Å². The second-order valence-corrected chi connectivity index (χ2v) is 7.82. The van der Waals surface area contributed by atoms with Crippen molar-refractivity contribution < 1.29 is 14.3 Å². The van der Waals surface area contributed by atoms with Gasteiger partial charge in [0.2, 0.25) is 0 Å². The van der Waals surface area contributed by atoms with Gasteiger partial charge in [0.25, 0.3) is 0 Å². The molecule has 0 saturated carbocycles. The average Bonchev–Trinajstić information content (AvgIpc) is 2.73. The Balaban J connectivity index is 1.77. The number of ether oxygens (including phenoxy) is 2. The highest BCUT2D eigenvalue weighted by molar-refractivity contribution is 9.10. The summed E-state index contributed by atoms with van der Waals surface area (Å²) in [7, 11) is 1.59. The van der Waals surface area contributed by atoms with E-state index in [0.717, 1.165) is 15.6 Å². The van der Waals surface area contributed by atoms with Crippen LogP contribution in [-0.2, 0) is 6.61 Å². The van der Waals surface area contributed by atoms with Crippen LogP contribution in [0.15, 0.2) is 71.2 Å². The minimum atomic E-state index is -0.0781. The summed E-state index contributed by atoms with van der Waals surface area (Å²) in [6.45, 7) is 0.241. The predicted octanol–water partition coefficient (Wildman–Crippen LogP) is 7.24. The van der Waals surface area contributed by atoms with Crippen LogP contribution in [0.1, 0.15) is 21.5 Å². The van der Waals surface area contributed by atoms with Gasteiger partial charge in [0.15, 0.2) is 5.78 Å². The number of hydrogen-bond donors (Lipinski definition) is 0. The molecule has 3 rings (SSSR count). The Morgan fingerprint density at radius 2 is 1.83 bits per heavy atom. The molecule has 0 heterocycles. The molecule has 0 bridgehead atoms. The van der Waals surface area contributed by atoms with Crippen molar-refractivity contribution in [3.05, 3.63) is 97.9 Å². The van der Waals surface area contributed by atoms with Gasteiger partial charge in [0, 0.05) is 15.6 Å². The molecular formula is C23H17BrCl2O3. The van der Waals surface area contributed by atoms with Gasteiger partial charge in [-0.05, 0) is 48.0 Å². The Bertz CT molecular complexity index is 1060. The second-order valence-electron chi connectivity index (χ2n) is 6.12. The van der Waals surface area contributed by atoms with Crippen molar-refractivity contribution in [1.82, 2.24) is 0 Å². The number of methoxy groups -OCH3 is 1. The van der Waals surface area contributed by atoms with E-state index in [2.05, 4.69) is 15.9 Å². The third kappa shape index (κ3) is 5.63. The normalized spacial score (nSPS) is 10.9. The highest BCUT2D eigenvalue weighted by Gasteiger charge is 2.09. The van der Waals surface area contributed by atoms with E-state index in [0.29, 0.717) is 27.1 Å². The monoisotopic (exact) mass is 490 g/mol. The van der Waals surface area contributed by atoms with Gasteiger partial charge >= 0.3 is 0 Å². The molecule has 0 aliphatic rings. The quantitative estimate of drug-likeness (QED) is 0.258. The smallest absolute Gasteiger partial charge is 0.185 e. The molecule has 3 nitrogen and oxygen atoms in total. The molecule has 0 amide bonds. The number of rotatable bonds is 7. The minimum Gasteiger partial charge on any atom is -0.496 e. The lowest BCUT2D eigenvalue weighted by molar-refractivity contribution is 0.104. The Kier molecular flexibility index (Phi) is 7.37. The lowest BCUT2D eigenvalue weighted by atomic mass is 10.1. The highest BCUT2D eigenvalue weighted by atomic mass is 79.9. The van der Waals surface area contributed by atoms with Gasteiger partial charge < -0.3 is 9.47 Å². The van der Waals surface area contributed by atoms with Crippen molar-refractivity contribution in [2.24, 2.45) is 0 Å². The minimum absolute atomic E-state index is 0.0781. The van der Waals surface area contributed by atoms with Gasteiger partial charge in [-0.1, -0.05) is 69.5 Å². The Morgan fingerprint density at radius 3 is 2.59 bits per heavy atom. The third-order valence-corrected chi connectivity index (χ3v) is 5.43. The second kappa shape index (κ2) is 9.97. The van der Waals surface area contributed by atoms with Gasteiger partial charge in [-0.2, -0.15) is 0 Å². The van der Waals surface area contributed by atoms with Crippen LogP contribution in [0.3, 0.4) is 0 Å². The van der Waals surface area contributed by atoms with Crippen LogP contribution >= 0.6 is 39.1 Å². The summed E-state index contributed by atoms with van der Waals surface area (Å²) < 4.78 is 12.1. The predicted molar refractivity (Wildman–Crippen MR) is 121 cm³/mol. The number of carbonyl (C=O) groups excluding carboxylic acids is 1. The molecule has 0 N–H and O–H groups in total. The molecule has 29 heavy (non-hydrogen) atoms. The first kappa shape index (κ1) is 21.4. The van der Waals surface area contributed by atoms with E-state index in [-0.39, 0.29) is 12.4 Å². The fourth-order valence-electron chi connectivity index (χ4n) is 2.68. The SMILES string of the molecule is COc1ccc(/C=C/C(=O)c2cccc(Br)c2)cc1COc1cccc(Cl)c1Cl. The van der Waals surface area contributed by atoms with Crippen molar-refractivity contribution in [3.63, 3.8) is 0 Å². The maximum Gasteiger partial charge on any atom is 0.185 e. The summed E-state index contributed by atoms with van der Waals surface area (Å²) in [6, 6.07) is 18.1. The number of allylic oxidation sites excluding steroid dienone is 1. The van der Waals surface area contributed by atoms with Crippen molar-refractivity contribution in [3.8, 4) is 11.5 Å². The average molecular weight is 492 g/mol. The number of halogens is 3. The van der Waals surface area contributed by atoms with Crippen LogP contribution in [0, 0.1) is 0 Å². The number of ketones is 1. The Morgan fingerprint density at radius 1 is 1.03 bits per heavy atom. The molecule has 0 aliphatic carbocycles. The molecule has 0 radical (unpaired) electrons. The van der Waals surface area contributed by atoms with E-state index in [1.165, 1.54) is 0 Å². The lowest BCUT2D eigenvalue weighted by Gasteiger charge is -2.12. The van der Waals surface area contributed by atoms with Crippen LogP contribution in [0.5, 0.6) is 11.5 Å². The van der Waals surface area contributed by atoms with Gasteiger partial charge in [-0.3, -0.25) is 4.79 Å². The molecule has 3 aromatic carbocycles. The van der Waals surface area contributed by atoms with Crippen molar-refractivity contribution in [1.29, 1.82) is 0 Å². The highest BCUT2D eigenvalue weighted by Crippen LogP contribution is 2.32. The molecule has 3 aromatic rings. The molecule has 148 valence electrons. The van der Waals surface area contributed by atoms with E-state index in [9.17, 15) is 4.79 Å². The molecule has 0 fully saturated rings. The van der Waals surface area contributed by atoms with Gasteiger partial charge in [0.05, 0.1) is 12.1 Å². The fraction of sp³-hybridized carbons (Fsp3) is 0.0870. The van der Waals surface area contributed by atoms with Crippen molar-refractivity contribution in [2.75, 3.05) is 7.11 Å². The maximum absolute atomic E-state index is 12.4. The lowest BCUT2D eigenvalue weighted by Crippen LogP contribution is -2.00. The zero-order valence-corrected chi connectivity index (χ0v) is 18.6. The molecule has 0 aliphatic heterocycles. The topological polar surface area (TPSA) is 35.5 Å².